The Bertz CT molecular complexity index is 1290. The Hall–Kier alpha value is -3.92. The van der Waals surface area contributed by atoms with Gasteiger partial charge in [0.25, 0.3) is 0 Å². The summed E-state index contributed by atoms with van der Waals surface area (Å²) in [5, 5.41) is 16.8. The first-order valence-corrected chi connectivity index (χ1v) is 13.4. The molecule has 2 aromatic carbocycles. The molecule has 1 aliphatic heterocycles. The van der Waals surface area contributed by atoms with Crippen LogP contribution in [0.1, 0.15) is 38.5 Å². The highest BCUT2D eigenvalue weighted by Gasteiger charge is 2.24. The highest BCUT2D eigenvalue weighted by Crippen LogP contribution is 2.29. The molecule has 10 heteroatoms. The third kappa shape index (κ3) is 6.75. The largest absolute Gasteiger partial charge is 0.497 e. The van der Waals surface area contributed by atoms with Gasteiger partial charge in [0.05, 0.1) is 26.4 Å². The second-order valence-corrected chi connectivity index (χ2v) is 9.86. The van der Waals surface area contributed by atoms with Gasteiger partial charge in [0.1, 0.15) is 17.4 Å². The zero-order chi connectivity index (χ0) is 27.2. The van der Waals surface area contributed by atoms with Gasteiger partial charge >= 0.3 is 0 Å². The van der Waals surface area contributed by atoms with Crippen molar-refractivity contribution in [1.29, 1.82) is 0 Å². The van der Waals surface area contributed by atoms with Crippen LogP contribution in [-0.4, -0.2) is 60.2 Å². The molecule has 206 valence electrons. The average Bonchev–Trinajstić information content (AvgIpc) is 2.95. The van der Waals surface area contributed by atoms with Crippen molar-refractivity contribution in [3.8, 4) is 11.5 Å². The number of hydrogen-bond acceptors (Lipinski definition) is 9. The van der Waals surface area contributed by atoms with Gasteiger partial charge in [-0.2, -0.15) is 9.97 Å². The van der Waals surface area contributed by atoms with E-state index < -0.39 is 5.82 Å². The molecule has 0 unspecified atom stereocenters. The lowest BCUT2D eigenvalue weighted by Gasteiger charge is -2.32. The third-order valence-corrected chi connectivity index (χ3v) is 7.16. The van der Waals surface area contributed by atoms with Gasteiger partial charge in [0, 0.05) is 42.3 Å². The Balaban J connectivity index is 1.36. The van der Waals surface area contributed by atoms with Crippen molar-refractivity contribution in [3.05, 3.63) is 54.3 Å². The molecule has 1 saturated heterocycles. The maximum atomic E-state index is 14.3. The summed E-state index contributed by atoms with van der Waals surface area (Å²) in [7, 11) is 3.06. The number of aliphatic imine (C=N–C) groups is 1. The van der Waals surface area contributed by atoms with Gasteiger partial charge in [-0.3, -0.25) is 4.99 Å². The van der Waals surface area contributed by atoms with Crippen LogP contribution in [0.5, 0.6) is 11.5 Å². The summed E-state index contributed by atoms with van der Waals surface area (Å²) in [4.78, 5) is 16.6. The number of nitrogens with zero attached hydrogens (tertiary/aromatic N) is 4. The third-order valence-electron chi connectivity index (χ3n) is 7.16. The van der Waals surface area contributed by atoms with E-state index >= 15 is 0 Å². The van der Waals surface area contributed by atoms with Crippen molar-refractivity contribution in [3.63, 3.8) is 0 Å². The number of benzene rings is 2. The van der Waals surface area contributed by atoms with E-state index in [1.54, 1.807) is 19.2 Å². The maximum Gasteiger partial charge on any atom is 0.231 e. The van der Waals surface area contributed by atoms with E-state index in [9.17, 15) is 9.50 Å². The van der Waals surface area contributed by atoms with Gasteiger partial charge in [0.15, 0.2) is 11.6 Å². The highest BCUT2D eigenvalue weighted by molar-refractivity contribution is 5.89. The van der Waals surface area contributed by atoms with Gasteiger partial charge in [-0.05, 0) is 68.5 Å². The molecule has 0 amide bonds. The van der Waals surface area contributed by atoms with Gasteiger partial charge in [-0.1, -0.05) is 6.42 Å². The number of aliphatic hydroxyl groups is 1. The summed E-state index contributed by atoms with van der Waals surface area (Å²) in [5.74, 6) is 2.20. The molecule has 1 atom stereocenters. The Labute approximate surface area is 228 Å². The molecular formula is C29H35FN6O3. The number of anilines is 5. The number of hydrogen-bond donors (Lipinski definition) is 3. The zero-order valence-electron chi connectivity index (χ0n) is 22.4. The quantitative estimate of drug-likeness (QED) is 0.350. The van der Waals surface area contributed by atoms with Crippen LogP contribution in [0.2, 0.25) is 0 Å². The van der Waals surface area contributed by atoms with Crippen molar-refractivity contribution in [2.75, 3.05) is 42.8 Å². The van der Waals surface area contributed by atoms with E-state index in [-0.39, 0.29) is 17.9 Å². The minimum Gasteiger partial charge on any atom is -0.497 e. The molecule has 0 radical (unpaired) electrons. The smallest absolute Gasteiger partial charge is 0.231 e. The fourth-order valence-corrected chi connectivity index (χ4v) is 5.00. The van der Waals surface area contributed by atoms with Crippen molar-refractivity contribution in [2.24, 2.45) is 4.99 Å². The molecule has 2 aliphatic rings. The van der Waals surface area contributed by atoms with Gasteiger partial charge in [-0.15, -0.1) is 0 Å². The number of aromatic nitrogens is 2. The number of methoxy groups -OCH3 is 2. The molecule has 9 nitrogen and oxygen atoms in total. The second-order valence-electron chi connectivity index (χ2n) is 9.86. The van der Waals surface area contributed by atoms with Crippen LogP contribution in [0.15, 0.2) is 53.5 Å². The van der Waals surface area contributed by atoms with E-state index in [1.807, 2.05) is 30.3 Å². The van der Waals surface area contributed by atoms with E-state index in [1.165, 1.54) is 13.2 Å². The first-order chi connectivity index (χ1) is 19.0. The Kier molecular flexibility index (Phi) is 8.41. The van der Waals surface area contributed by atoms with Crippen molar-refractivity contribution in [1.82, 2.24) is 9.97 Å². The normalized spacial score (nSPS) is 19.1. The Morgan fingerprint density at radius 2 is 1.69 bits per heavy atom. The minimum atomic E-state index is -0.458. The summed E-state index contributed by atoms with van der Waals surface area (Å²) < 4.78 is 24.6. The molecular weight excluding hydrogens is 499 g/mol. The number of nitrogens with one attached hydrogen (secondary N) is 2. The Morgan fingerprint density at radius 1 is 0.923 bits per heavy atom. The molecule has 0 spiro atoms. The topological polar surface area (TPSA) is 104 Å². The molecule has 2 heterocycles. The molecule has 1 saturated carbocycles. The van der Waals surface area contributed by atoms with Crippen LogP contribution in [0.4, 0.5) is 33.3 Å². The van der Waals surface area contributed by atoms with Gasteiger partial charge in [0.2, 0.25) is 5.95 Å². The van der Waals surface area contributed by atoms with E-state index in [0.717, 1.165) is 74.6 Å². The van der Waals surface area contributed by atoms with Crippen LogP contribution >= 0.6 is 0 Å². The molecule has 39 heavy (non-hydrogen) atoms. The molecule has 5 rings (SSSR count). The number of piperidine rings is 1. The number of ether oxygens (including phenoxy) is 2. The number of aliphatic hydroxyl groups excluding tert-OH is 1. The average molecular weight is 535 g/mol. The summed E-state index contributed by atoms with van der Waals surface area (Å²) >= 11 is 0. The van der Waals surface area contributed by atoms with E-state index in [2.05, 4.69) is 20.5 Å². The number of halogens is 1. The molecule has 3 N–H and O–H groups in total. The summed E-state index contributed by atoms with van der Waals surface area (Å²) in [5.41, 5.74) is 2.33. The van der Waals surface area contributed by atoms with Crippen molar-refractivity contribution in [2.45, 2.75) is 50.7 Å². The second kappa shape index (κ2) is 12.3. The fourth-order valence-electron chi connectivity index (χ4n) is 5.00. The highest BCUT2D eigenvalue weighted by atomic mass is 19.1. The molecule has 3 aromatic rings. The van der Waals surface area contributed by atoms with Crippen LogP contribution in [0.3, 0.4) is 0 Å². The number of rotatable bonds is 8. The maximum absolute atomic E-state index is 14.3. The monoisotopic (exact) mass is 534 g/mol. The first-order valence-electron chi connectivity index (χ1n) is 13.4. The summed E-state index contributed by atoms with van der Waals surface area (Å²) in [6, 6.07) is 14.3. The van der Waals surface area contributed by atoms with Gasteiger partial charge < -0.3 is 30.1 Å². The van der Waals surface area contributed by atoms with E-state index in [4.69, 9.17) is 19.5 Å². The summed E-state index contributed by atoms with van der Waals surface area (Å²) in [6.07, 6.45) is 5.26. The first kappa shape index (κ1) is 26.7. The summed E-state index contributed by atoms with van der Waals surface area (Å²) in [6.45, 7) is 1.57. The van der Waals surface area contributed by atoms with Crippen molar-refractivity contribution >= 4 is 34.7 Å². The minimum absolute atomic E-state index is 0.179. The van der Waals surface area contributed by atoms with Crippen molar-refractivity contribution < 1.29 is 19.0 Å². The van der Waals surface area contributed by atoms with E-state index in [0.29, 0.717) is 17.5 Å². The van der Waals surface area contributed by atoms with Crippen LogP contribution in [0, 0.1) is 5.82 Å². The Morgan fingerprint density at radius 3 is 2.38 bits per heavy atom. The van der Waals surface area contributed by atoms with Crippen LogP contribution in [0.25, 0.3) is 0 Å². The zero-order valence-corrected chi connectivity index (χ0v) is 22.4. The standard InChI is InChI=1S/C29H35FN6O3/c1-38-22-10-7-19(8-11-22)33-29-34-27(32-21-9-12-26(39-2)23(30)17-21)18-28(35-29)36-15-13-20(14-16-36)31-24-5-3-4-6-25(24)37/h7-12,17-18,20,25,37H,3-6,13-16H2,1-2H3,(H2,32,33,34,35)/t25-/m0/s1. The molecule has 2 fully saturated rings. The molecule has 0 bridgehead atoms. The fraction of sp³-hybridized carbons (Fsp3) is 0.414. The van der Waals surface area contributed by atoms with Crippen LogP contribution < -0.4 is 25.0 Å². The molecule has 1 aliphatic carbocycles. The van der Waals surface area contributed by atoms with Crippen LogP contribution in [-0.2, 0) is 0 Å². The predicted octanol–water partition coefficient (Wildman–Crippen LogP) is 5.46. The lowest BCUT2D eigenvalue weighted by molar-refractivity contribution is 0.213. The lowest BCUT2D eigenvalue weighted by Crippen LogP contribution is -2.37. The van der Waals surface area contributed by atoms with Gasteiger partial charge in [-0.25, -0.2) is 4.39 Å². The predicted molar refractivity (Wildman–Crippen MR) is 152 cm³/mol. The molecule has 1 aromatic heterocycles. The SMILES string of the molecule is COc1ccc(Nc2nc(Nc3ccc(OC)c(F)c3)cc(N3CCC(N=C4CCCC[C@@H]4O)CC3)n2)cc1. The lowest BCUT2D eigenvalue weighted by atomic mass is 9.94.